The molecular formula is C21H25N3O5. The van der Waals surface area contributed by atoms with Crippen molar-refractivity contribution in [2.75, 3.05) is 44.6 Å². The number of nitrogens with one attached hydrogen (secondary N) is 2. The molecule has 2 aromatic rings. The molecule has 0 saturated carbocycles. The number of aliphatic hydroxyl groups excluding tert-OH is 1. The largest absolute Gasteiger partial charge is 0.497 e. The van der Waals surface area contributed by atoms with E-state index in [1.165, 1.54) is 19.8 Å². The van der Waals surface area contributed by atoms with Gasteiger partial charge in [0.15, 0.2) is 0 Å². The Bertz CT molecular complexity index is 915. The van der Waals surface area contributed by atoms with Crippen molar-refractivity contribution < 1.29 is 24.2 Å². The highest BCUT2D eigenvalue weighted by Gasteiger charge is 2.20. The molecule has 1 unspecified atom stereocenters. The van der Waals surface area contributed by atoms with Gasteiger partial charge < -0.3 is 30.1 Å². The summed E-state index contributed by atoms with van der Waals surface area (Å²) in [4.78, 5) is 26.5. The van der Waals surface area contributed by atoms with E-state index in [0.29, 0.717) is 22.7 Å². The van der Waals surface area contributed by atoms with Crippen LogP contribution in [-0.2, 0) is 16.0 Å². The summed E-state index contributed by atoms with van der Waals surface area (Å²) in [6.45, 7) is 0.871. The zero-order valence-corrected chi connectivity index (χ0v) is 16.7. The van der Waals surface area contributed by atoms with Gasteiger partial charge in [-0.15, -0.1) is 0 Å². The van der Waals surface area contributed by atoms with Crippen LogP contribution in [0.25, 0.3) is 0 Å². The third-order valence-corrected chi connectivity index (χ3v) is 4.93. The molecule has 3 N–H and O–H groups in total. The average Bonchev–Trinajstić information content (AvgIpc) is 3.11. The standard InChI is InChI=1S/C21H25N3O5/c1-24-9-8-13-10-14(4-6-17(13)24)18(25)12-22-20(26)21(27)23-16-11-15(28-2)5-7-19(16)29-3/h4-7,10-11,18,25H,8-9,12H2,1-3H3,(H,22,26)(H,23,27). The fraction of sp³-hybridized carbons (Fsp3) is 0.333. The van der Waals surface area contributed by atoms with E-state index in [4.69, 9.17) is 9.47 Å². The van der Waals surface area contributed by atoms with Gasteiger partial charge in [-0.3, -0.25) is 9.59 Å². The van der Waals surface area contributed by atoms with Crippen LogP contribution < -0.4 is 25.0 Å². The van der Waals surface area contributed by atoms with E-state index < -0.39 is 17.9 Å². The quantitative estimate of drug-likeness (QED) is 0.637. The van der Waals surface area contributed by atoms with Crippen molar-refractivity contribution in [3.63, 3.8) is 0 Å². The molecule has 0 spiro atoms. The van der Waals surface area contributed by atoms with Crippen molar-refractivity contribution in [3.8, 4) is 11.5 Å². The predicted octanol–water partition coefficient (Wildman–Crippen LogP) is 1.48. The Morgan fingerprint density at radius 2 is 1.93 bits per heavy atom. The number of ether oxygens (including phenoxy) is 2. The minimum absolute atomic E-state index is 0.0733. The van der Waals surface area contributed by atoms with E-state index in [9.17, 15) is 14.7 Å². The number of likely N-dealkylation sites (N-methyl/N-ethyl adjacent to an activating group) is 1. The zero-order valence-electron chi connectivity index (χ0n) is 16.7. The van der Waals surface area contributed by atoms with Gasteiger partial charge >= 0.3 is 11.8 Å². The van der Waals surface area contributed by atoms with E-state index in [1.807, 2.05) is 25.2 Å². The summed E-state index contributed by atoms with van der Waals surface area (Å²) >= 11 is 0. The lowest BCUT2D eigenvalue weighted by Gasteiger charge is -2.16. The maximum absolute atomic E-state index is 12.2. The number of carbonyl (C=O) groups is 2. The first-order valence-electron chi connectivity index (χ1n) is 9.26. The second-order valence-electron chi connectivity index (χ2n) is 6.81. The SMILES string of the molecule is COc1ccc(OC)c(NC(=O)C(=O)NCC(O)c2ccc3c(c2)CCN3C)c1. The second kappa shape index (κ2) is 8.83. The molecule has 1 heterocycles. The van der Waals surface area contributed by atoms with Gasteiger partial charge in [0.05, 0.1) is 26.0 Å². The summed E-state index contributed by atoms with van der Waals surface area (Å²) in [5.41, 5.74) is 3.33. The zero-order chi connectivity index (χ0) is 21.0. The minimum atomic E-state index is -0.908. The van der Waals surface area contributed by atoms with Crippen LogP contribution in [0.3, 0.4) is 0 Å². The molecule has 154 valence electrons. The van der Waals surface area contributed by atoms with Crippen LogP contribution in [0.15, 0.2) is 36.4 Å². The Balaban J connectivity index is 1.58. The highest BCUT2D eigenvalue weighted by molar-refractivity contribution is 6.39. The first-order valence-corrected chi connectivity index (χ1v) is 9.26. The van der Waals surface area contributed by atoms with Gasteiger partial charge in [-0.25, -0.2) is 0 Å². The van der Waals surface area contributed by atoms with Crippen LogP contribution in [0.5, 0.6) is 11.5 Å². The molecule has 2 aromatic carbocycles. The summed E-state index contributed by atoms with van der Waals surface area (Å²) in [7, 11) is 4.98. The van der Waals surface area contributed by atoms with Crippen molar-refractivity contribution in [2.45, 2.75) is 12.5 Å². The Morgan fingerprint density at radius 3 is 2.66 bits per heavy atom. The van der Waals surface area contributed by atoms with Gasteiger partial charge in [0.1, 0.15) is 11.5 Å². The van der Waals surface area contributed by atoms with Crippen molar-refractivity contribution >= 4 is 23.2 Å². The van der Waals surface area contributed by atoms with Crippen LogP contribution in [0, 0.1) is 0 Å². The van der Waals surface area contributed by atoms with Crippen LogP contribution in [0.2, 0.25) is 0 Å². The van der Waals surface area contributed by atoms with Crippen LogP contribution in [0.1, 0.15) is 17.2 Å². The number of methoxy groups -OCH3 is 2. The van der Waals surface area contributed by atoms with Gasteiger partial charge in [-0.1, -0.05) is 12.1 Å². The number of benzene rings is 2. The van der Waals surface area contributed by atoms with Crippen molar-refractivity contribution in [3.05, 3.63) is 47.5 Å². The molecule has 3 rings (SSSR count). The summed E-state index contributed by atoms with van der Waals surface area (Å²) in [5, 5.41) is 15.3. The molecule has 0 bridgehead atoms. The third-order valence-electron chi connectivity index (χ3n) is 4.93. The number of hydrogen-bond donors (Lipinski definition) is 3. The molecule has 1 atom stereocenters. The van der Waals surface area contributed by atoms with Crippen LogP contribution >= 0.6 is 0 Å². The molecule has 8 nitrogen and oxygen atoms in total. The Kier molecular flexibility index (Phi) is 6.23. The lowest BCUT2D eigenvalue weighted by atomic mass is 10.0. The lowest BCUT2D eigenvalue weighted by Crippen LogP contribution is -2.37. The maximum Gasteiger partial charge on any atom is 0.313 e. The van der Waals surface area contributed by atoms with E-state index in [-0.39, 0.29) is 6.54 Å². The Morgan fingerprint density at radius 1 is 1.14 bits per heavy atom. The number of anilines is 2. The number of nitrogens with zero attached hydrogens (tertiary/aromatic N) is 1. The van der Waals surface area contributed by atoms with E-state index in [2.05, 4.69) is 15.5 Å². The smallest absolute Gasteiger partial charge is 0.313 e. The molecule has 1 aliphatic rings. The van der Waals surface area contributed by atoms with Crippen LogP contribution in [-0.4, -0.2) is 51.3 Å². The van der Waals surface area contributed by atoms with E-state index in [0.717, 1.165) is 18.7 Å². The van der Waals surface area contributed by atoms with Gasteiger partial charge in [-0.05, 0) is 35.7 Å². The van der Waals surface area contributed by atoms with Gasteiger partial charge in [0.2, 0.25) is 0 Å². The summed E-state index contributed by atoms with van der Waals surface area (Å²) in [6.07, 6.45) is 0.0121. The highest BCUT2D eigenvalue weighted by Crippen LogP contribution is 2.30. The molecule has 2 amide bonds. The fourth-order valence-corrected chi connectivity index (χ4v) is 3.27. The fourth-order valence-electron chi connectivity index (χ4n) is 3.27. The normalized spacial score (nSPS) is 13.4. The molecule has 1 aliphatic heterocycles. The topological polar surface area (TPSA) is 100 Å². The molecule has 0 fully saturated rings. The van der Waals surface area contributed by atoms with E-state index in [1.54, 1.807) is 18.2 Å². The van der Waals surface area contributed by atoms with Crippen molar-refractivity contribution in [1.82, 2.24) is 5.32 Å². The number of hydrogen-bond acceptors (Lipinski definition) is 6. The minimum Gasteiger partial charge on any atom is -0.497 e. The number of amides is 2. The summed E-state index contributed by atoms with van der Waals surface area (Å²) < 4.78 is 10.3. The van der Waals surface area contributed by atoms with E-state index >= 15 is 0 Å². The first-order chi connectivity index (χ1) is 13.9. The number of carbonyl (C=O) groups excluding carboxylic acids is 2. The average molecular weight is 399 g/mol. The molecule has 0 saturated heterocycles. The lowest BCUT2D eigenvalue weighted by molar-refractivity contribution is -0.136. The van der Waals surface area contributed by atoms with Crippen molar-refractivity contribution in [1.29, 1.82) is 0 Å². The summed E-state index contributed by atoms with van der Waals surface area (Å²) in [6, 6.07) is 10.6. The Hall–Kier alpha value is -3.26. The van der Waals surface area contributed by atoms with Gasteiger partial charge in [-0.2, -0.15) is 0 Å². The number of rotatable bonds is 6. The molecule has 29 heavy (non-hydrogen) atoms. The Labute approximate surface area is 169 Å². The van der Waals surface area contributed by atoms with Gasteiger partial charge in [0.25, 0.3) is 0 Å². The summed E-state index contributed by atoms with van der Waals surface area (Å²) in [5.74, 6) is -0.802. The molecule has 0 aliphatic carbocycles. The first kappa shape index (κ1) is 20.5. The molecule has 0 radical (unpaired) electrons. The highest BCUT2D eigenvalue weighted by atomic mass is 16.5. The monoisotopic (exact) mass is 399 g/mol. The molecule has 8 heteroatoms. The van der Waals surface area contributed by atoms with Crippen LogP contribution in [0.4, 0.5) is 11.4 Å². The number of aliphatic hydroxyl groups is 1. The molecular weight excluding hydrogens is 374 g/mol. The van der Waals surface area contributed by atoms with Gasteiger partial charge in [0, 0.05) is 31.9 Å². The predicted molar refractivity (Wildman–Crippen MR) is 110 cm³/mol. The van der Waals surface area contributed by atoms with Crippen molar-refractivity contribution in [2.24, 2.45) is 0 Å². The maximum atomic E-state index is 12.2. The second-order valence-corrected chi connectivity index (χ2v) is 6.81. The number of fused-ring (bicyclic) bond motifs is 1. The third kappa shape index (κ3) is 4.60. The molecule has 0 aromatic heterocycles.